The number of amides is 2. The highest BCUT2D eigenvalue weighted by molar-refractivity contribution is 6.11. The van der Waals surface area contributed by atoms with Crippen LogP contribution < -0.4 is 5.32 Å². The van der Waals surface area contributed by atoms with Gasteiger partial charge < -0.3 is 9.88 Å². The third kappa shape index (κ3) is 3.03. The lowest BCUT2D eigenvalue weighted by Crippen LogP contribution is -2.33. The van der Waals surface area contributed by atoms with E-state index in [9.17, 15) is 18.4 Å². The van der Waals surface area contributed by atoms with Gasteiger partial charge in [-0.3, -0.25) is 14.5 Å². The largest absolute Gasteiger partial charge is 0.356 e. The molecule has 0 saturated heterocycles. The van der Waals surface area contributed by atoms with E-state index in [1.165, 1.54) is 17.9 Å². The Hall–Kier alpha value is -3.48. The summed E-state index contributed by atoms with van der Waals surface area (Å²) < 4.78 is 30.2. The van der Waals surface area contributed by atoms with Gasteiger partial charge in [-0.05, 0) is 41.3 Å². The van der Waals surface area contributed by atoms with Crippen molar-refractivity contribution in [1.29, 1.82) is 0 Å². The van der Waals surface area contributed by atoms with Gasteiger partial charge in [0.15, 0.2) is 11.6 Å². The first kappa shape index (κ1) is 20.4. The zero-order chi connectivity index (χ0) is 22.7. The van der Waals surface area contributed by atoms with Gasteiger partial charge in [-0.15, -0.1) is 0 Å². The van der Waals surface area contributed by atoms with Crippen LogP contribution in [0.15, 0.2) is 53.9 Å². The first-order valence-corrected chi connectivity index (χ1v) is 10.7. The van der Waals surface area contributed by atoms with Crippen molar-refractivity contribution >= 4 is 28.4 Å². The molecule has 0 saturated carbocycles. The van der Waals surface area contributed by atoms with Crippen LogP contribution in [-0.2, 0) is 16.1 Å². The molecule has 5 rings (SSSR count). The topological polar surface area (TPSA) is 54.3 Å². The summed E-state index contributed by atoms with van der Waals surface area (Å²) >= 11 is 0. The molecule has 0 radical (unpaired) electrons. The SMILES string of the molecule is CC(=O)N1CC2=C(C1=O)C(c1ccc(F)c(F)c1)c1cn(CC(C)C)c3cccc(c13)N2. The van der Waals surface area contributed by atoms with Gasteiger partial charge in [0.25, 0.3) is 5.91 Å². The Labute approximate surface area is 184 Å². The highest BCUT2D eigenvalue weighted by Gasteiger charge is 2.41. The minimum atomic E-state index is -0.970. The maximum absolute atomic E-state index is 14.3. The fourth-order valence-corrected chi connectivity index (χ4v) is 4.86. The number of carbonyl (C=O) groups excluding carboxylic acids is 2. The Morgan fingerprint density at radius 1 is 1.19 bits per heavy atom. The molecule has 32 heavy (non-hydrogen) atoms. The number of carbonyl (C=O) groups is 2. The zero-order valence-corrected chi connectivity index (χ0v) is 18.1. The molecule has 0 bridgehead atoms. The van der Waals surface area contributed by atoms with Crippen LogP contribution in [0.4, 0.5) is 14.5 Å². The predicted molar refractivity (Wildman–Crippen MR) is 118 cm³/mol. The molecule has 2 aliphatic heterocycles. The zero-order valence-electron chi connectivity index (χ0n) is 18.1. The van der Waals surface area contributed by atoms with E-state index >= 15 is 0 Å². The van der Waals surface area contributed by atoms with Crippen molar-refractivity contribution in [2.24, 2.45) is 5.92 Å². The van der Waals surface area contributed by atoms with E-state index < -0.39 is 23.5 Å². The first-order valence-electron chi connectivity index (χ1n) is 10.7. The minimum absolute atomic E-state index is 0.121. The van der Waals surface area contributed by atoms with Gasteiger partial charge in [-0.25, -0.2) is 8.78 Å². The van der Waals surface area contributed by atoms with Crippen LogP contribution >= 0.6 is 0 Å². The molecule has 1 unspecified atom stereocenters. The van der Waals surface area contributed by atoms with Crippen LogP contribution in [0, 0.1) is 17.6 Å². The molecule has 2 aliphatic rings. The molecule has 3 aromatic rings. The van der Waals surface area contributed by atoms with E-state index in [0.29, 0.717) is 22.8 Å². The third-order valence-electron chi connectivity index (χ3n) is 6.16. The summed E-state index contributed by atoms with van der Waals surface area (Å²) in [5.41, 5.74) is 4.14. The lowest BCUT2D eigenvalue weighted by atomic mass is 9.84. The normalized spacial score (nSPS) is 17.8. The van der Waals surface area contributed by atoms with E-state index in [4.69, 9.17) is 0 Å². The van der Waals surface area contributed by atoms with E-state index in [1.54, 1.807) is 0 Å². The molecule has 1 atom stereocenters. The average Bonchev–Trinajstić information content (AvgIpc) is 3.19. The molecule has 0 fully saturated rings. The van der Waals surface area contributed by atoms with Crippen LogP contribution in [-0.4, -0.2) is 27.8 Å². The number of anilines is 1. The average molecular weight is 435 g/mol. The van der Waals surface area contributed by atoms with Crippen LogP contribution in [0.25, 0.3) is 10.9 Å². The second kappa shape index (κ2) is 7.29. The molecule has 3 heterocycles. The van der Waals surface area contributed by atoms with Crippen molar-refractivity contribution in [3.8, 4) is 0 Å². The number of imide groups is 1. The van der Waals surface area contributed by atoms with E-state index in [-0.39, 0.29) is 12.5 Å². The summed E-state index contributed by atoms with van der Waals surface area (Å²) in [6.07, 6.45) is 2.00. The molecule has 2 amide bonds. The fraction of sp³-hybridized carbons (Fsp3) is 0.280. The number of hydrogen-bond donors (Lipinski definition) is 1. The molecular formula is C25H23F2N3O2. The summed E-state index contributed by atoms with van der Waals surface area (Å²) in [6, 6.07) is 9.65. The molecule has 1 aromatic heterocycles. The predicted octanol–water partition coefficient (Wildman–Crippen LogP) is 4.78. The lowest BCUT2D eigenvalue weighted by Gasteiger charge is -2.19. The van der Waals surface area contributed by atoms with E-state index in [1.807, 2.05) is 24.4 Å². The van der Waals surface area contributed by atoms with Crippen molar-refractivity contribution in [3.05, 3.63) is 76.6 Å². The highest BCUT2D eigenvalue weighted by atomic mass is 19.2. The molecule has 2 aromatic carbocycles. The van der Waals surface area contributed by atoms with Crippen molar-refractivity contribution < 1.29 is 18.4 Å². The molecule has 1 N–H and O–H groups in total. The first-order chi connectivity index (χ1) is 15.3. The Kier molecular flexibility index (Phi) is 4.65. The lowest BCUT2D eigenvalue weighted by molar-refractivity contribution is -0.139. The van der Waals surface area contributed by atoms with Gasteiger partial charge >= 0.3 is 0 Å². The molecule has 5 nitrogen and oxygen atoms in total. The van der Waals surface area contributed by atoms with E-state index in [0.717, 1.165) is 40.8 Å². The quantitative estimate of drug-likeness (QED) is 0.645. The minimum Gasteiger partial charge on any atom is -0.356 e. The number of rotatable bonds is 3. The number of nitrogens with one attached hydrogen (secondary N) is 1. The maximum Gasteiger partial charge on any atom is 0.259 e. The summed E-state index contributed by atoms with van der Waals surface area (Å²) in [6.45, 7) is 6.48. The molecule has 0 spiro atoms. The van der Waals surface area contributed by atoms with Crippen LogP contribution in [0.3, 0.4) is 0 Å². The monoisotopic (exact) mass is 435 g/mol. The highest BCUT2D eigenvalue weighted by Crippen LogP contribution is 2.46. The van der Waals surface area contributed by atoms with Gasteiger partial charge in [-0.1, -0.05) is 26.0 Å². The van der Waals surface area contributed by atoms with Gasteiger partial charge in [0.1, 0.15) is 0 Å². The van der Waals surface area contributed by atoms with E-state index in [2.05, 4.69) is 23.7 Å². The summed E-state index contributed by atoms with van der Waals surface area (Å²) in [5, 5.41) is 4.32. The fourth-order valence-electron chi connectivity index (χ4n) is 4.86. The number of halogens is 2. The van der Waals surface area contributed by atoms with Crippen LogP contribution in [0.2, 0.25) is 0 Å². The molecular weight excluding hydrogens is 412 g/mol. The van der Waals surface area contributed by atoms with Crippen molar-refractivity contribution in [2.75, 3.05) is 11.9 Å². The van der Waals surface area contributed by atoms with Crippen molar-refractivity contribution in [1.82, 2.24) is 9.47 Å². The Bertz CT molecular complexity index is 1320. The van der Waals surface area contributed by atoms with Crippen molar-refractivity contribution in [2.45, 2.75) is 33.2 Å². The summed E-state index contributed by atoms with van der Waals surface area (Å²) in [4.78, 5) is 26.7. The van der Waals surface area contributed by atoms with Gasteiger partial charge in [-0.2, -0.15) is 0 Å². The number of hydrogen-bond acceptors (Lipinski definition) is 3. The van der Waals surface area contributed by atoms with Crippen molar-refractivity contribution in [3.63, 3.8) is 0 Å². The summed E-state index contributed by atoms with van der Waals surface area (Å²) in [7, 11) is 0. The standard InChI is InChI=1S/C25H23F2N3O2/c1-13(2)10-29-11-16-22(15-7-8-17(26)18(27)9-15)24-20(12-30(14(3)31)25(24)32)28-19-5-4-6-21(29)23(16)19/h4-9,11,13,22,28H,10,12H2,1-3H3. The number of aromatic nitrogens is 1. The number of nitrogens with zero attached hydrogens (tertiary/aromatic N) is 2. The molecule has 164 valence electrons. The number of benzene rings is 2. The Morgan fingerprint density at radius 2 is 1.97 bits per heavy atom. The van der Waals surface area contributed by atoms with Gasteiger partial charge in [0, 0.05) is 42.4 Å². The third-order valence-corrected chi connectivity index (χ3v) is 6.16. The van der Waals surface area contributed by atoms with Gasteiger partial charge in [0.2, 0.25) is 5.91 Å². The molecule has 7 heteroatoms. The van der Waals surface area contributed by atoms with Gasteiger partial charge in [0.05, 0.1) is 17.6 Å². The second-order valence-electron chi connectivity index (χ2n) is 8.86. The summed E-state index contributed by atoms with van der Waals surface area (Å²) in [5.74, 6) is -2.93. The Balaban J connectivity index is 1.80. The second-order valence-corrected chi connectivity index (χ2v) is 8.86. The smallest absolute Gasteiger partial charge is 0.259 e. The van der Waals surface area contributed by atoms with Crippen LogP contribution in [0.1, 0.15) is 37.8 Å². The maximum atomic E-state index is 14.3. The Morgan fingerprint density at radius 3 is 2.66 bits per heavy atom. The van der Waals surface area contributed by atoms with Crippen LogP contribution in [0.5, 0.6) is 0 Å². The molecule has 0 aliphatic carbocycles.